The normalized spacial score (nSPS) is 30.5. The standard InChI is InChI=1S/C11H14F3NOS/c12-11(13,14)8-2-1-3-10(16,6-8)7-9-15-4-5-17-9/h4-5,8,16H,1-3,6-7H2. The lowest BCUT2D eigenvalue weighted by Crippen LogP contribution is -2.41. The van der Waals surface area contributed by atoms with Crippen molar-refractivity contribution in [2.45, 2.75) is 43.9 Å². The van der Waals surface area contributed by atoms with E-state index in [0.717, 1.165) is 0 Å². The second kappa shape index (κ2) is 4.57. The van der Waals surface area contributed by atoms with Gasteiger partial charge in [-0.3, -0.25) is 0 Å². The van der Waals surface area contributed by atoms with Crippen molar-refractivity contribution in [3.63, 3.8) is 0 Å². The molecule has 1 saturated carbocycles. The van der Waals surface area contributed by atoms with Crippen molar-refractivity contribution in [3.8, 4) is 0 Å². The molecule has 0 radical (unpaired) electrons. The number of aliphatic hydroxyl groups is 1. The fourth-order valence-corrected chi connectivity index (χ4v) is 3.15. The minimum Gasteiger partial charge on any atom is -0.389 e. The Morgan fingerprint density at radius 1 is 1.53 bits per heavy atom. The van der Waals surface area contributed by atoms with Crippen molar-refractivity contribution >= 4 is 11.3 Å². The zero-order valence-electron chi connectivity index (χ0n) is 9.20. The third-order valence-electron chi connectivity index (χ3n) is 3.25. The number of thiazole rings is 1. The van der Waals surface area contributed by atoms with Gasteiger partial charge in [0.1, 0.15) is 0 Å². The van der Waals surface area contributed by atoms with Crippen LogP contribution in [0.15, 0.2) is 11.6 Å². The maximum absolute atomic E-state index is 12.6. The molecule has 96 valence electrons. The Morgan fingerprint density at radius 2 is 2.29 bits per heavy atom. The Bertz CT molecular complexity index is 365. The van der Waals surface area contributed by atoms with E-state index in [1.807, 2.05) is 0 Å². The van der Waals surface area contributed by atoms with Crippen LogP contribution in [-0.4, -0.2) is 21.9 Å². The Morgan fingerprint density at radius 3 is 2.88 bits per heavy atom. The first-order valence-corrected chi connectivity index (χ1v) is 6.44. The van der Waals surface area contributed by atoms with Gasteiger partial charge in [0.15, 0.2) is 0 Å². The molecule has 0 bridgehead atoms. The van der Waals surface area contributed by atoms with Gasteiger partial charge < -0.3 is 5.11 Å². The summed E-state index contributed by atoms with van der Waals surface area (Å²) in [5.41, 5.74) is -1.24. The van der Waals surface area contributed by atoms with Crippen LogP contribution in [-0.2, 0) is 6.42 Å². The Balaban J connectivity index is 2.05. The van der Waals surface area contributed by atoms with Crippen molar-refractivity contribution in [3.05, 3.63) is 16.6 Å². The highest BCUT2D eigenvalue weighted by Gasteiger charge is 2.47. The van der Waals surface area contributed by atoms with E-state index in [-0.39, 0.29) is 19.3 Å². The summed E-state index contributed by atoms with van der Waals surface area (Å²) >= 11 is 1.37. The number of hydrogen-bond acceptors (Lipinski definition) is 3. The van der Waals surface area contributed by atoms with Crippen molar-refractivity contribution in [1.29, 1.82) is 0 Å². The van der Waals surface area contributed by atoms with Crippen LogP contribution in [0.5, 0.6) is 0 Å². The molecule has 1 aliphatic carbocycles. The van der Waals surface area contributed by atoms with Crippen molar-refractivity contribution in [2.75, 3.05) is 0 Å². The molecule has 2 unspecified atom stereocenters. The zero-order chi connectivity index (χ0) is 12.5. The molecular weight excluding hydrogens is 251 g/mol. The van der Waals surface area contributed by atoms with Gasteiger partial charge in [-0.05, 0) is 25.7 Å². The molecule has 17 heavy (non-hydrogen) atoms. The van der Waals surface area contributed by atoms with Crippen molar-refractivity contribution in [1.82, 2.24) is 4.98 Å². The first kappa shape index (κ1) is 12.8. The lowest BCUT2D eigenvalue weighted by molar-refractivity contribution is -0.200. The Labute approximate surface area is 101 Å². The fourth-order valence-electron chi connectivity index (χ4n) is 2.40. The highest BCUT2D eigenvalue weighted by molar-refractivity contribution is 7.09. The lowest BCUT2D eigenvalue weighted by atomic mass is 9.76. The van der Waals surface area contributed by atoms with Gasteiger partial charge in [0.25, 0.3) is 0 Å². The average molecular weight is 265 g/mol. The molecule has 0 amide bonds. The highest BCUT2D eigenvalue weighted by Crippen LogP contribution is 2.42. The van der Waals surface area contributed by atoms with Crippen LogP contribution in [0, 0.1) is 5.92 Å². The van der Waals surface area contributed by atoms with Crippen molar-refractivity contribution in [2.24, 2.45) is 5.92 Å². The third-order valence-corrected chi connectivity index (χ3v) is 4.03. The van der Waals surface area contributed by atoms with E-state index in [0.29, 0.717) is 17.8 Å². The van der Waals surface area contributed by atoms with E-state index in [1.165, 1.54) is 11.3 Å². The summed E-state index contributed by atoms with van der Waals surface area (Å²) in [6, 6.07) is 0. The largest absolute Gasteiger partial charge is 0.391 e. The topological polar surface area (TPSA) is 33.1 Å². The molecule has 0 aromatic carbocycles. The number of nitrogens with zero attached hydrogens (tertiary/aromatic N) is 1. The first-order valence-electron chi connectivity index (χ1n) is 5.56. The zero-order valence-corrected chi connectivity index (χ0v) is 10.0. The van der Waals surface area contributed by atoms with E-state index < -0.39 is 17.7 Å². The van der Waals surface area contributed by atoms with E-state index in [2.05, 4.69) is 4.98 Å². The molecule has 0 spiro atoms. The van der Waals surface area contributed by atoms with Crippen LogP contribution in [0.2, 0.25) is 0 Å². The molecule has 0 aliphatic heterocycles. The van der Waals surface area contributed by atoms with Gasteiger partial charge >= 0.3 is 6.18 Å². The second-order valence-corrected chi connectivity index (χ2v) is 5.64. The molecule has 1 N–H and O–H groups in total. The number of halogens is 3. The Kier molecular flexibility index (Phi) is 3.45. The van der Waals surface area contributed by atoms with Gasteiger partial charge in [-0.2, -0.15) is 13.2 Å². The summed E-state index contributed by atoms with van der Waals surface area (Å²) in [5, 5.41) is 12.7. The van der Waals surface area contributed by atoms with Gasteiger partial charge in [-0.25, -0.2) is 4.98 Å². The summed E-state index contributed by atoms with van der Waals surface area (Å²) in [5.74, 6) is -1.37. The third kappa shape index (κ3) is 3.19. The molecule has 2 atom stereocenters. The van der Waals surface area contributed by atoms with Gasteiger partial charge in [0.2, 0.25) is 0 Å². The van der Waals surface area contributed by atoms with E-state index in [1.54, 1.807) is 11.6 Å². The van der Waals surface area contributed by atoms with Gasteiger partial charge in [-0.15, -0.1) is 11.3 Å². The van der Waals surface area contributed by atoms with Crippen LogP contribution in [0.25, 0.3) is 0 Å². The maximum Gasteiger partial charge on any atom is 0.391 e. The molecule has 2 rings (SSSR count). The van der Waals surface area contributed by atoms with Crippen LogP contribution in [0.3, 0.4) is 0 Å². The van der Waals surface area contributed by atoms with E-state index >= 15 is 0 Å². The molecule has 1 heterocycles. The number of hydrogen-bond donors (Lipinski definition) is 1. The number of aromatic nitrogens is 1. The summed E-state index contributed by atoms with van der Waals surface area (Å²) in [7, 11) is 0. The van der Waals surface area contributed by atoms with Gasteiger partial charge in [0, 0.05) is 18.0 Å². The quantitative estimate of drug-likeness (QED) is 0.891. The van der Waals surface area contributed by atoms with E-state index in [9.17, 15) is 18.3 Å². The van der Waals surface area contributed by atoms with Crippen LogP contribution < -0.4 is 0 Å². The van der Waals surface area contributed by atoms with Crippen molar-refractivity contribution < 1.29 is 18.3 Å². The summed E-state index contributed by atoms with van der Waals surface area (Å²) in [6.07, 6.45) is -1.58. The summed E-state index contributed by atoms with van der Waals surface area (Å²) < 4.78 is 37.9. The molecule has 1 aromatic rings. The number of rotatable bonds is 2. The smallest absolute Gasteiger partial charge is 0.389 e. The predicted octanol–water partition coefficient (Wildman–Crippen LogP) is 3.17. The SMILES string of the molecule is OC1(Cc2nccs2)CCCC(C(F)(F)F)C1. The van der Waals surface area contributed by atoms with E-state index in [4.69, 9.17) is 0 Å². The molecule has 0 saturated heterocycles. The van der Waals surface area contributed by atoms with Gasteiger partial charge in [-0.1, -0.05) is 0 Å². The second-order valence-electron chi connectivity index (χ2n) is 4.66. The molecule has 1 aliphatic rings. The minimum absolute atomic E-state index is 0.129. The molecule has 1 aromatic heterocycles. The van der Waals surface area contributed by atoms with Crippen LogP contribution >= 0.6 is 11.3 Å². The van der Waals surface area contributed by atoms with Crippen LogP contribution in [0.4, 0.5) is 13.2 Å². The molecular formula is C11H14F3NOS. The average Bonchev–Trinajstić information content (AvgIpc) is 2.68. The highest BCUT2D eigenvalue weighted by atomic mass is 32.1. The molecule has 2 nitrogen and oxygen atoms in total. The molecule has 1 fully saturated rings. The van der Waals surface area contributed by atoms with Gasteiger partial charge in [0.05, 0.1) is 16.5 Å². The monoisotopic (exact) mass is 265 g/mol. The summed E-state index contributed by atoms with van der Waals surface area (Å²) in [4.78, 5) is 4.02. The number of alkyl halides is 3. The first-order chi connectivity index (χ1) is 7.89. The lowest BCUT2D eigenvalue weighted by Gasteiger charge is -2.37. The summed E-state index contributed by atoms with van der Waals surface area (Å²) in [6.45, 7) is 0. The predicted molar refractivity (Wildman–Crippen MR) is 58.8 cm³/mol. The fraction of sp³-hybridized carbons (Fsp3) is 0.727. The maximum atomic E-state index is 12.6. The minimum atomic E-state index is -4.20. The molecule has 6 heteroatoms. The van der Waals surface area contributed by atoms with Crippen LogP contribution in [0.1, 0.15) is 30.7 Å². The Hall–Kier alpha value is -0.620.